The van der Waals surface area contributed by atoms with Crippen LogP contribution in [0.3, 0.4) is 0 Å². The van der Waals surface area contributed by atoms with Gasteiger partial charge in [-0.25, -0.2) is 0 Å². The molecular weight excluding hydrogens is 296 g/mol. The molecule has 1 heteroatoms. The molecule has 2 aliphatic rings. The van der Waals surface area contributed by atoms with Crippen molar-refractivity contribution in [1.82, 2.24) is 0 Å². The van der Waals surface area contributed by atoms with Gasteiger partial charge in [-0.05, 0) is 59.2 Å². The summed E-state index contributed by atoms with van der Waals surface area (Å²) < 4.78 is 0. The van der Waals surface area contributed by atoms with Crippen LogP contribution >= 0.6 is 0 Å². The molecule has 0 aromatic carbocycles. The Labute approximate surface area is 145 Å². The van der Waals surface area contributed by atoms with E-state index >= 15 is 0 Å². The van der Waals surface area contributed by atoms with Crippen LogP contribution in [0.5, 0.6) is 0 Å². The Hall–Kier alpha value is 0.519. The third kappa shape index (κ3) is 4.29. The molecule has 2 aliphatic carbocycles. The second kappa shape index (κ2) is 8.39. The first-order chi connectivity index (χ1) is 9.11. The fourth-order valence-corrected chi connectivity index (χ4v) is 2.81. The number of hydrogen-bond acceptors (Lipinski definition) is 0. The van der Waals surface area contributed by atoms with Crippen LogP contribution in [0.1, 0.15) is 69.2 Å². The standard InChI is InChI=1S/2C10H15.Fe/c2*1-6-7(2)9(4)10(5)8(6)3;/h2*1-5H3;/q;;+2. The maximum absolute atomic E-state index is 2.20. The van der Waals surface area contributed by atoms with Crippen molar-refractivity contribution < 1.29 is 17.1 Å². The predicted octanol–water partition coefficient (Wildman–Crippen LogP) is 5.94. The van der Waals surface area contributed by atoms with E-state index in [0.717, 1.165) is 0 Å². The molecule has 0 nitrogen and oxygen atoms in total. The summed E-state index contributed by atoms with van der Waals surface area (Å²) in [5.74, 6) is 14.7. The van der Waals surface area contributed by atoms with E-state index in [-0.39, 0.29) is 17.1 Å². The van der Waals surface area contributed by atoms with E-state index in [0.29, 0.717) is 0 Å². The largest absolute Gasteiger partial charge is 2.00 e. The molecule has 0 heterocycles. The quantitative estimate of drug-likeness (QED) is 0.483. The van der Waals surface area contributed by atoms with Crippen LogP contribution in [0, 0.1) is 59.2 Å². The summed E-state index contributed by atoms with van der Waals surface area (Å²) in [6, 6.07) is 0. The van der Waals surface area contributed by atoms with Crippen LogP contribution < -0.4 is 0 Å². The molecule has 0 aromatic rings. The van der Waals surface area contributed by atoms with Gasteiger partial charge in [-0.2, -0.15) is 0 Å². The molecule has 0 saturated heterocycles. The van der Waals surface area contributed by atoms with Crippen molar-refractivity contribution in [3.05, 3.63) is 59.2 Å². The van der Waals surface area contributed by atoms with E-state index < -0.39 is 0 Å². The average molecular weight is 326 g/mol. The fraction of sp³-hybridized carbons (Fsp3) is 0.500. The Kier molecular flexibility index (Phi) is 8.60. The normalized spacial score (nSPS) is 27.1. The van der Waals surface area contributed by atoms with Gasteiger partial charge in [-0.15, -0.1) is 0 Å². The summed E-state index contributed by atoms with van der Waals surface area (Å²) in [6.45, 7) is 22.0. The molecular formula is C20H30Fe+2. The second-order valence-corrected chi connectivity index (χ2v) is 6.25. The van der Waals surface area contributed by atoms with Crippen LogP contribution in [-0.2, 0) is 17.1 Å². The average Bonchev–Trinajstić information content (AvgIpc) is 2.71. The van der Waals surface area contributed by atoms with Crippen molar-refractivity contribution in [1.29, 1.82) is 0 Å². The molecule has 21 heavy (non-hydrogen) atoms. The Morgan fingerprint density at radius 1 is 0.238 bits per heavy atom. The summed E-state index contributed by atoms with van der Waals surface area (Å²) in [4.78, 5) is 0. The zero-order chi connectivity index (χ0) is 15.8. The first kappa shape index (κ1) is 21.5. The Balaban J connectivity index is 0.000000364. The van der Waals surface area contributed by atoms with Crippen molar-refractivity contribution in [2.24, 2.45) is 0 Å². The van der Waals surface area contributed by atoms with Gasteiger partial charge in [0.1, 0.15) is 0 Å². The summed E-state index contributed by atoms with van der Waals surface area (Å²) in [5, 5.41) is 0. The molecule has 2 fully saturated rings. The smallest absolute Gasteiger partial charge is 0.0579 e. The van der Waals surface area contributed by atoms with Gasteiger partial charge in [0.25, 0.3) is 0 Å². The molecule has 0 spiro atoms. The van der Waals surface area contributed by atoms with Gasteiger partial charge in [0.05, 0.1) is 0 Å². The molecule has 0 amide bonds. The Bertz CT molecular complexity index is 181. The third-order valence-electron chi connectivity index (χ3n) is 5.62. The first-order valence-electron chi connectivity index (χ1n) is 7.50. The van der Waals surface area contributed by atoms with Gasteiger partial charge in [-0.3, -0.25) is 0 Å². The molecule has 0 bridgehead atoms. The van der Waals surface area contributed by atoms with Crippen molar-refractivity contribution in [3.8, 4) is 0 Å². The van der Waals surface area contributed by atoms with E-state index in [1.54, 1.807) is 0 Å². The predicted molar refractivity (Wildman–Crippen MR) is 89.2 cm³/mol. The molecule has 0 N–H and O–H groups in total. The topological polar surface area (TPSA) is 0 Å². The van der Waals surface area contributed by atoms with Gasteiger partial charge in [-0.1, -0.05) is 69.2 Å². The molecule has 0 atom stereocenters. The minimum atomic E-state index is 0. The Morgan fingerprint density at radius 3 is 0.333 bits per heavy atom. The minimum absolute atomic E-state index is 0. The molecule has 2 saturated carbocycles. The van der Waals surface area contributed by atoms with E-state index in [1.165, 1.54) is 59.2 Å². The number of hydrogen-bond donors (Lipinski definition) is 0. The summed E-state index contributed by atoms with van der Waals surface area (Å²) in [6.07, 6.45) is 0. The van der Waals surface area contributed by atoms with Gasteiger partial charge in [0.15, 0.2) is 0 Å². The van der Waals surface area contributed by atoms with E-state index in [4.69, 9.17) is 0 Å². The second-order valence-electron chi connectivity index (χ2n) is 6.25. The van der Waals surface area contributed by atoms with E-state index in [9.17, 15) is 0 Å². The van der Waals surface area contributed by atoms with Crippen molar-refractivity contribution in [2.75, 3.05) is 0 Å². The first-order valence-corrected chi connectivity index (χ1v) is 7.50. The zero-order valence-electron chi connectivity index (χ0n) is 15.4. The van der Waals surface area contributed by atoms with Crippen LogP contribution in [-0.4, -0.2) is 0 Å². The Morgan fingerprint density at radius 2 is 0.286 bits per heavy atom. The molecule has 2 rings (SSSR count). The summed E-state index contributed by atoms with van der Waals surface area (Å²) >= 11 is 0. The monoisotopic (exact) mass is 326 g/mol. The van der Waals surface area contributed by atoms with Crippen LogP contribution in [0.15, 0.2) is 0 Å². The van der Waals surface area contributed by atoms with Crippen molar-refractivity contribution >= 4 is 0 Å². The van der Waals surface area contributed by atoms with Crippen LogP contribution in [0.4, 0.5) is 0 Å². The fourth-order valence-electron chi connectivity index (χ4n) is 2.81. The summed E-state index contributed by atoms with van der Waals surface area (Å²) in [5.41, 5.74) is 0. The van der Waals surface area contributed by atoms with Crippen molar-refractivity contribution in [2.45, 2.75) is 69.2 Å². The maximum Gasteiger partial charge on any atom is 2.00 e. The van der Waals surface area contributed by atoms with Gasteiger partial charge < -0.3 is 0 Å². The summed E-state index contributed by atoms with van der Waals surface area (Å²) in [7, 11) is 0. The molecule has 0 unspecified atom stereocenters. The minimum Gasteiger partial charge on any atom is -0.0579 e. The number of rotatable bonds is 0. The zero-order valence-corrected chi connectivity index (χ0v) is 16.5. The molecule has 0 aromatic heterocycles. The van der Waals surface area contributed by atoms with Crippen LogP contribution in [0.25, 0.3) is 0 Å². The van der Waals surface area contributed by atoms with E-state index in [2.05, 4.69) is 69.2 Å². The van der Waals surface area contributed by atoms with Gasteiger partial charge >= 0.3 is 17.1 Å². The third-order valence-corrected chi connectivity index (χ3v) is 5.62. The van der Waals surface area contributed by atoms with E-state index in [1.807, 2.05) is 0 Å². The van der Waals surface area contributed by atoms with Crippen molar-refractivity contribution in [3.63, 3.8) is 0 Å². The molecule has 10 radical (unpaired) electrons. The SMILES string of the molecule is C[C]1[C](C)[C](C)[C](C)[C]1C.C[C]1[C](C)[C](C)[C](C)[C]1C.[Fe+2]. The van der Waals surface area contributed by atoms with Crippen LogP contribution in [0.2, 0.25) is 0 Å². The van der Waals surface area contributed by atoms with Gasteiger partial charge in [0, 0.05) is 0 Å². The molecule has 0 aliphatic heterocycles. The van der Waals surface area contributed by atoms with Gasteiger partial charge in [0.2, 0.25) is 0 Å². The maximum atomic E-state index is 2.20. The molecule has 116 valence electrons.